The topological polar surface area (TPSA) is 41.5 Å². The molecule has 0 aromatic heterocycles. The van der Waals surface area contributed by atoms with E-state index < -0.39 is 17.6 Å². The van der Waals surface area contributed by atoms with Crippen molar-refractivity contribution in [3.05, 3.63) is 65.0 Å². The van der Waals surface area contributed by atoms with E-state index in [9.17, 15) is 22.7 Å². The van der Waals surface area contributed by atoms with E-state index in [4.69, 9.17) is 4.74 Å². The highest BCUT2D eigenvalue weighted by Gasteiger charge is 2.30. The number of rotatable bonds is 8. The molecule has 0 fully saturated rings. The minimum atomic E-state index is -4.42. The summed E-state index contributed by atoms with van der Waals surface area (Å²) in [4.78, 5) is 0. The van der Waals surface area contributed by atoms with Crippen LogP contribution in [0.2, 0.25) is 0 Å². The van der Waals surface area contributed by atoms with Crippen LogP contribution in [0.15, 0.2) is 42.5 Å². The van der Waals surface area contributed by atoms with Crippen LogP contribution < -0.4 is 10.1 Å². The van der Waals surface area contributed by atoms with E-state index in [1.807, 2.05) is 13.8 Å². The van der Waals surface area contributed by atoms with Gasteiger partial charge in [0.05, 0.1) is 12.2 Å². The molecule has 0 unspecified atom stereocenters. The second kappa shape index (κ2) is 9.19. The van der Waals surface area contributed by atoms with Gasteiger partial charge in [0.25, 0.3) is 0 Å². The highest BCUT2D eigenvalue weighted by Crippen LogP contribution is 2.29. The van der Waals surface area contributed by atoms with Crippen LogP contribution in [-0.4, -0.2) is 17.8 Å². The number of aliphatic hydroxyl groups is 1. The summed E-state index contributed by atoms with van der Waals surface area (Å²) in [7, 11) is 0. The molecule has 0 saturated heterocycles. The largest absolute Gasteiger partial charge is 0.489 e. The second-order valence-corrected chi connectivity index (χ2v) is 6.65. The third-order valence-corrected chi connectivity index (χ3v) is 4.24. The lowest BCUT2D eigenvalue weighted by Gasteiger charge is -2.20. The van der Waals surface area contributed by atoms with Crippen LogP contribution in [0.25, 0.3) is 0 Å². The predicted molar refractivity (Wildman–Crippen MR) is 94.7 cm³/mol. The van der Waals surface area contributed by atoms with Crippen LogP contribution >= 0.6 is 0 Å². The Morgan fingerprint density at radius 1 is 1.11 bits per heavy atom. The van der Waals surface area contributed by atoms with Gasteiger partial charge in [-0.1, -0.05) is 32.0 Å². The lowest BCUT2D eigenvalue weighted by molar-refractivity contribution is -0.137. The number of ether oxygens (including phenoxy) is 1. The van der Waals surface area contributed by atoms with E-state index in [0.717, 1.165) is 12.1 Å². The molecule has 3 nitrogen and oxygen atoms in total. The molecule has 0 spiro atoms. The molecule has 0 aliphatic carbocycles. The van der Waals surface area contributed by atoms with E-state index in [2.05, 4.69) is 5.32 Å². The van der Waals surface area contributed by atoms with Crippen LogP contribution in [0.3, 0.4) is 0 Å². The molecule has 2 N–H and O–H groups in total. The zero-order valence-corrected chi connectivity index (χ0v) is 15.2. The number of alkyl halides is 3. The van der Waals surface area contributed by atoms with Gasteiger partial charge < -0.3 is 15.2 Å². The van der Waals surface area contributed by atoms with Gasteiger partial charge in [0.2, 0.25) is 0 Å². The van der Waals surface area contributed by atoms with Gasteiger partial charge in [0.1, 0.15) is 18.2 Å². The van der Waals surface area contributed by atoms with Crippen molar-refractivity contribution in [2.24, 2.45) is 5.92 Å². The van der Waals surface area contributed by atoms with Crippen molar-refractivity contribution in [1.29, 1.82) is 0 Å². The zero-order valence-electron chi connectivity index (χ0n) is 15.2. The first-order valence-corrected chi connectivity index (χ1v) is 8.62. The summed E-state index contributed by atoms with van der Waals surface area (Å²) in [5, 5.41) is 12.4. The van der Waals surface area contributed by atoms with Gasteiger partial charge in [0, 0.05) is 24.2 Å². The number of benzene rings is 2. The van der Waals surface area contributed by atoms with Gasteiger partial charge in [-0.05, 0) is 29.7 Å². The van der Waals surface area contributed by atoms with Crippen molar-refractivity contribution < 1.29 is 27.4 Å². The summed E-state index contributed by atoms with van der Waals surface area (Å²) in [6.45, 7) is 4.02. The number of hydrogen-bond acceptors (Lipinski definition) is 3. The molecule has 0 bridgehead atoms. The normalized spacial score (nSPS) is 13.0. The Labute approximate surface area is 156 Å². The zero-order chi connectivity index (χ0) is 20.0. The molecular weight excluding hydrogens is 362 g/mol. The molecule has 148 valence electrons. The lowest BCUT2D eigenvalue weighted by atomic mass is 10.0. The fourth-order valence-corrected chi connectivity index (χ4v) is 2.52. The van der Waals surface area contributed by atoms with Crippen molar-refractivity contribution in [2.45, 2.75) is 39.2 Å². The van der Waals surface area contributed by atoms with Crippen LogP contribution in [0, 0.1) is 11.7 Å². The number of hydrogen-bond donors (Lipinski definition) is 2. The van der Waals surface area contributed by atoms with E-state index in [1.54, 1.807) is 12.1 Å². The average molecular weight is 385 g/mol. The van der Waals surface area contributed by atoms with Crippen LogP contribution in [-0.2, 0) is 19.3 Å². The van der Waals surface area contributed by atoms with Crippen LogP contribution in [0.1, 0.15) is 30.5 Å². The first-order valence-electron chi connectivity index (χ1n) is 8.62. The third kappa shape index (κ3) is 6.22. The molecule has 0 radical (unpaired) electrons. The van der Waals surface area contributed by atoms with E-state index in [1.165, 1.54) is 18.2 Å². The highest BCUT2D eigenvalue weighted by molar-refractivity contribution is 5.30. The van der Waals surface area contributed by atoms with Gasteiger partial charge >= 0.3 is 6.18 Å². The third-order valence-electron chi connectivity index (χ3n) is 4.24. The molecule has 2 aromatic rings. The van der Waals surface area contributed by atoms with Crippen LogP contribution in [0.5, 0.6) is 5.75 Å². The van der Waals surface area contributed by atoms with Crippen molar-refractivity contribution in [2.75, 3.05) is 6.61 Å². The van der Waals surface area contributed by atoms with Gasteiger partial charge in [-0.15, -0.1) is 0 Å². The summed E-state index contributed by atoms with van der Waals surface area (Å²) < 4.78 is 57.8. The lowest BCUT2D eigenvalue weighted by Crippen LogP contribution is -2.36. The summed E-state index contributed by atoms with van der Waals surface area (Å²) in [5.74, 6) is -0.0474. The summed E-state index contributed by atoms with van der Waals surface area (Å²) in [6, 6.07) is 9.01. The molecule has 27 heavy (non-hydrogen) atoms. The number of halogens is 4. The van der Waals surface area contributed by atoms with Crippen molar-refractivity contribution in [3.63, 3.8) is 0 Å². The average Bonchev–Trinajstić information content (AvgIpc) is 2.61. The minimum absolute atomic E-state index is 0.0442. The highest BCUT2D eigenvalue weighted by atomic mass is 19.4. The van der Waals surface area contributed by atoms with Gasteiger partial charge in [0.15, 0.2) is 0 Å². The summed E-state index contributed by atoms with van der Waals surface area (Å²) >= 11 is 0. The first-order chi connectivity index (χ1) is 12.7. The predicted octanol–water partition coefficient (Wildman–Crippen LogP) is 4.53. The van der Waals surface area contributed by atoms with Crippen molar-refractivity contribution in [3.8, 4) is 5.75 Å². The molecular formula is C20H23F4NO2. The maximum absolute atomic E-state index is 14.2. The second-order valence-electron chi connectivity index (χ2n) is 6.65. The van der Waals surface area contributed by atoms with E-state index in [0.29, 0.717) is 11.1 Å². The molecule has 0 amide bonds. The molecule has 2 rings (SSSR count). The molecule has 2 aromatic carbocycles. The standard InChI is InChI=1S/C20H23F4NO2/c1-13(2)19(11-26)25-10-15-6-7-17(9-18(15)21)27-12-14-4-3-5-16(8-14)20(22,23)24/h3-9,13,19,25-26H,10-12H2,1-2H3/t19-/m0/s1. The Kier molecular flexibility index (Phi) is 7.21. The first kappa shape index (κ1) is 21.2. The Morgan fingerprint density at radius 2 is 1.85 bits per heavy atom. The van der Waals surface area contributed by atoms with Crippen molar-refractivity contribution in [1.82, 2.24) is 5.32 Å². The van der Waals surface area contributed by atoms with Gasteiger partial charge in [-0.25, -0.2) is 4.39 Å². The molecule has 0 aliphatic rings. The molecule has 0 heterocycles. The maximum atomic E-state index is 14.2. The van der Waals surface area contributed by atoms with Gasteiger partial charge in [-0.2, -0.15) is 13.2 Å². The summed E-state index contributed by atoms with van der Waals surface area (Å²) in [6.07, 6.45) is -4.42. The Bertz CT molecular complexity index is 747. The van der Waals surface area contributed by atoms with Crippen LogP contribution in [0.4, 0.5) is 17.6 Å². The molecule has 7 heteroatoms. The Morgan fingerprint density at radius 3 is 2.44 bits per heavy atom. The number of aliphatic hydroxyl groups excluding tert-OH is 1. The summed E-state index contributed by atoms with van der Waals surface area (Å²) in [5.41, 5.74) is 0.0130. The minimum Gasteiger partial charge on any atom is -0.489 e. The monoisotopic (exact) mass is 385 g/mol. The Balaban J connectivity index is 1.98. The fourth-order valence-electron chi connectivity index (χ4n) is 2.52. The van der Waals surface area contributed by atoms with E-state index in [-0.39, 0.29) is 37.5 Å². The van der Waals surface area contributed by atoms with Crippen molar-refractivity contribution >= 4 is 0 Å². The molecule has 0 aliphatic heterocycles. The Hall–Kier alpha value is -2.12. The number of nitrogens with one attached hydrogen (secondary N) is 1. The fraction of sp³-hybridized carbons (Fsp3) is 0.400. The van der Waals surface area contributed by atoms with E-state index >= 15 is 0 Å². The van der Waals surface area contributed by atoms with Gasteiger partial charge in [-0.3, -0.25) is 0 Å². The smallest absolute Gasteiger partial charge is 0.416 e. The maximum Gasteiger partial charge on any atom is 0.416 e. The SMILES string of the molecule is CC(C)[C@H](CO)NCc1ccc(OCc2cccc(C(F)(F)F)c2)cc1F. The quantitative estimate of drug-likeness (QED) is 0.656. The molecule has 1 atom stereocenters. The molecule has 0 saturated carbocycles.